The van der Waals surface area contributed by atoms with Gasteiger partial charge in [-0.05, 0) is 24.5 Å². The first kappa shape index (κ1) is 14.3. The molecule has 2 amide bonds. The molecule has 1 saturated heterocycles. The Bertz CT molecular complexity index is 504. The molecule has 1 aromatic carbocycles. The van der Waals surface area contributed by atoms with Crippen LogP contribution in [0.3, 0.4) is 0 Å². The second-order valence-electron chi connectivity index (χ2n) is 4.83. The highest BCUT2D eigenvalue weighted by Crippen LogP contribution is 2.10. The van der Waals surface area contributed by atoms with Crippen molar-refractivity contribution in [3.05, 3.63) is 35.4 Å². The first-order chi connectivity index (χ1) is 9.58. The number of likely N-dealkylation sites (tertiary alicyclic amines) is 1. The van der Waals surface area contributed by atoms with Gasteiger partial charge in [0.05, 0.1) is 11.7 Å². The molecule has 20 heavy (non-hydrogen) atoms. The second kappa shape index (κ2) is 6.38. The number of carbonyl (C=O) groups is 2. The van der Waals surface area contributed by atoms with Gasteiger partial charge in [-0.25, -0.2) is 9.59 Å². The fourth-order valence-electron chi connectivity index (χ4n) is 2.29. The summed E-state index contributed by atoms with van der Waals surface area (Å²) in [6.45, 7) is 1.28. The molecule has 0 aliphatic carbocycles. The Morgan fingerprint density at radius 2 is 2.10 bits per heavy atom. The molecule has 0 bridgehead atoms. The number of carboxylic acids is 1. The van der Waals surface area contributed by atoms with Crippen LogP contribution in [-0.2, 0) is 6.42 Å². The molecule has 6 nitrogen and oxygen atoms in total. The molecule has 0 aromatic heterocycles. The van der Waals surface area contributed by atoms with Gasteiger partial charge in [-0.15, -0.1) is 0 Å². The quantitative estimate of drug-likeness (QED) is 0.756. The number of aromatic carboxylic acids is 1. The molecule has 1 heterocycles. The Morgan fingerprint density at radius 3 is 2.75 bits per heavy atom. The van der Waals surface area contributed by atoms with Gasteiger partial charge in [0.2, 0.25) is 0 Å². The van der Waals surface area contributed by atoms with Gasteiger partial charge in [-0.2, -0.15) is 0 Å². The van der Waals surface area contributed by atoms with E-state index in [0.29, 0.717) is 38.0 Å². The fraction of sp³-hybridized carbons (Fsp3) is 0.429. The normalized spacial score (nSPS) is 18.1. The fourth-order valence-corrected chi connectivity index (χ4v) is 2.29. The maximum absolute atomic E-state index is 11.8. The third kappa shape index (κ3) is 3.48. The van der Waals surface area contributed by atoms with E-state index < -0.39 is 12.1 Å². The molecule has 1 aliphatic heterocycles. The van der Waals surface area contributed by atoms with E-state index in [4.69, 9.17) is 5.11 Å². The number of benzene rings is 1. The number of aliphatic hydroxyl groups excluding tert-OH is 1. The standard InChI is InChI=1S/C14H18N2O4/c17-11-6-8-16(9-11)14(20)15-7-5-10-3-1-2-4-12(10)13(18)19/h1-4,11,17H,5-9H2,(H,15,20)(H,18,19). The van der Waals surface area contributed by atoms with E-state index in [0.717, 1.165) is 0 Å². The SMILES string of the molecule is O=C(O)c1ccccc1CCNC(=O)N1CCC(O)C1. The average molecular weight is 278 g/mol. The molecule has 1 aromatic rings. The Hall–Kier alpha value is -2.08. The largest absolute Gasteiger partial charge is 0.478 e. The monoisotopic (exact) mass is 278 g/mol. The first-order valence-corrected chi connectivity index (χ1v) is 6.60. The molecule has 108 valence electrons. The number of hydrogen-bond donors (Lipinski definition) is 3. The minimum absolute atomic E-state index is 0.214. The number of hydrogen-bond acceptors (Lipinski definition) is 3. The average Bonchev–Trinajstić information content (AvgIpc) is 2.86. The number of β-amino-alcohol motifs (C(OH)–C–C–N with tert-alkyl or cyclic N) is 1. The number of nitrogens with zero attached hydrogens (tertiary/aromatic N) is 1. The van der Waals surface area contributed by atoms with Crippen molar-refractivity contribution < 1.29 is 19.8 Å². The van der Waals surface area contributed by atoms with E-state index in [1.165, 1.54) is 0 Å². The van der Waals surface area contributed by atoms with Crippen LogP contribution in [0.2, 0.25) is 0 Å². The van der Waals surface area contributed by atoms with E-state index in [1.54, 1.807) is 29.2 Å². The predicted molar refractivity (Wildman–Crippen MR) is 72.7 cm³/mol. The van der Waals surface area contributed by atoms with Crippen molar-refractivity contribution in [1.82, 2.24) is 10.2 Å². The summed E-state index contributed by atoms with van der Waals surface area (Å²) in [5, 5.41) is 21.2. The summed E-state index contributed by atoms with van der Waals surface area (Å²) in [5.74, 6) is -0.963. The van der Waals surface area contributed by atoms with Crippen molar-refractivity contribution in [1.29, 1.82) is 0 Å². The molecule has 1 unspecified atom stereocenters. The molecular formula is C14H18N2O4. The molecule has 0 radical (unpaired) electrons. The van der Waals surface area contributed by atoms with Crippen LogP contribution in [0.15, 0.2) is 24.3 Å². The lowest BCUT2D eigenvalue weighted by Crippen LogP contribution is -2.39. The van der Waals surface area contributed by atoms with Gasteiger partial charge in [0, 0.05) is 19.6 Å². The van der Waals surface area contributed by atoms with Crippen molar-refractivity contribution in [3.63, 3.8) is 0 Å². The Morgan fingerprint density at radius 1 is 1.35 bits per heavy atom. The zero-order chi connectivity index (χ0) is 14.5. The van der Waals surface area contributed by atoms with Crippen molar-refractivity contribution >= 4 is 12.0 Å². The number of nitrogens with one attached hydrogen (secondary N) is 1. The maximum Gasteiger partial charge on any atom is 0.335 e. The number of carboxylic acid groups (broad SMARTS) is 1. The molecule has 1 aliphatic rings. The first-order valence-electron chi connectivity index (χ1n) is 6.60. The van der Waals surface area contributed by atoms with Crippen LogP contribution in [0.25, 0.3) is 0 Å². The van der Waals surface area contributed by atoms with Gasteiger partial charge in [-0.1, -0.05) is 18.2 Å². The van der Waals surface area contributed by atoms with Gasteiger partial charge >= 0.3 is 12.0 Å². The smallest absolute Gasteiger partial charge is 0.335 e. The Labute approximate surface area is 117 Å². The van der Waals surface area contributed by atoms with Gasteiger partial charge in [0.1, 0.15) is 0 Å². The van der Waals surface area contributed by atoms with Crippen molar-refractivity contribution in [2.24, 2.45) is 0 Å². The van der Waals surface area contributed by atoms with Crippen LogP contribution in [0.1, 0.15) is 22.3 Å². The van der Waals surface area contributed by atoms with Crippen molar-refractivity contribution in [3.8, 4) is 0 Å². The summed E-state index contributed by atoms with van der Waals surface area (Å²) in [4.78, 5) is 24.4. The molecule has 3 N–H and O–H groups in total. The zero-order valence-electron chi connectivity index (χ0n) is 11.1. The highest BCUT2D eigenvalue weighted by Gasteiger charge is 2.24. The van der Waals surface area contributed by atoms with Crippen LogP contribution in [-0.4, -0.2) is 52.9 Å². The summed E-state index contributed by atoms with van der Waals surface area (Å²) < 4.78 is 0. The Balaban J connectivity index is 1.84. The van der Waals surface area contributed by atoms with E-state index in [9.17, 15) is 14.7 Å². The van der Waals surface area contributed by atoms with Gasteiger partial charge in [0.15, 0.2) is 0 Å². The van der Waals surface area contributed by atoms with Crippen LogP contribution < -0.4 is 5.32 Å². The summed E-state index contributed by atoms with van der Waals surface area (Å²) in [7, 11) is 0. The topological polar surface area (TPSA) is 89.9 Å². The minimum Gasteiger partial charge on any atom is -0.478 e. The number of aliphatic hydroxyl groups is 1. The number of carbonyl (C=O) groups excluding carboxylic acids is 1. The number of amides is 2. The summed E-state index contributed by atoms with van der Waals surface area (Å²) >= 11 is 0. The Kier molecular flexibility index (Phi) is 4.57. The molecule has 0 spiro atoms. The van der Waals surface area contributed by atoms with Crippen molar-refractivity contribution in [2.75, 3.05) is 19.6 Å². The molecule has 1 atom stereocenters. The van der Waals surface area contributed by atoms with Crippen LogP contribution in [0.5, 0.6) is 0 Å². The van der Waals surface area contributed by atoms with E-state index in [2.05, 4.69) is 5.32 Å². The van der Waals surface area contributed by atoms with Gasteiger partial charge in [-0.3, -0.25) is 0 Å². The van der Waals surface area contributed by atoms with Gasteiger partial charge < -0.3 is 20.4 Å². The lowest BCUT2D eigenvalue weighted by atomic mass is 10.0. The molecule has 0 saturated carbocycles. The summed E-state index contributed by atoms with van der Waals surface area (Å²) in [6, 6.07) is 6.54. The summed E-state index contributed by atoms with van der Waals surface area (Å²) in [6.07, 6.45) is 0.633. The number of urea groups is 1. The molecule has 2 rings (SSSR count). The molecule has 6 heteroatoms. The lowest BCUT2D eigenvalue weighted by molar-refractivity contribution is 0.0695. The highest BCUT2D eigenvalue weighted by atomic mass is 16.4. The van der Waals surface area contributed by atoms with E-state index >= 15 is 0 Å². The summed E-state index contributed by atoms with van der Waals surface area (Å²) in [5.41, 5.74) is 0.958. The third-order valence-electron chi connectivity index (χ3n) is 3.37. The maximum atomic E-state index is 11.8. The van der Waals surface area contributed by atoms with E-state index in [1.807, 2.05) is 0 Å². The van der Waals surface area contributed by atoms with Crippen LogP contribution >= 0.6 is 0 Å². The predicted octanol–water partition coefficient (Wildman–Crippen LogP) is 0.703. The van der Waals surface area contributed by atoms with Crippen LogP contribution in [0, 0.1) is 0 Å². The van der Waals surface area contributed by atoms with Crippen LogP contribution in [0.4, 0.5) is 4.79 Å². The zero-order valence-corrected chi connectivity index (χ0v) is 11.1. The van der Waals surface area contributed by atoms with E-state index in [-0.39, 0.29) is 11.6 Å². The number of rotatable bonds is 4. The third-order valence-corrected chi connectivity index (χ3v) is 3.37. The minimum atomic E-state index is -0.963. The second-order valence-corrected chi connectivity index (χ2v) is 4.83. The molecular weight excluding hydrogens is 260 g/mol. The molecule has 1 fully saturated rings. The lowest BCUT2D eigenvalue weighted by Gasteiger charge is -2.16. The van der Waals surface area contributed by atoms with Gasteiger partial charge in [0.25, 0.3) is 0 Å². The van der Waals surface area contributed by atoms with Crippen molar-refractivity contribution in [2.45, 2.75) is 18.9 Å². The highest BCUT2D eigenvalue weighted by molar-refractivity contribution is 5.89.